The average Bonchev–Trinajstić information content (AvgIpc) is 3.08. The molecule has 0 bridgehead atoms. The van der Waals surface area contributed by atoms with Crippen LogP contribution in [0, 0.1) is 0 Å². The van der Waals surface area contributed by atoms with Crippen molar-refractivity contribution in [3.63, 3.8) is 0 Å². The third kappa shape index (κ3) is 4.20. The largest absolute Gasteiger partial charge is 0.494 e. The molecule has 0 atom stereocenters. The van der Waals surface area contributed by atoms with Crippen molar-refractivity contribution >= 4 is 0 Å². The molecule has 0 radical (unpaired) electrons. The first-order chi connectivity index (χ1) is 11.2. The SMILES string of the molecule is Cn1nc(-c2ccc(OCCCN3CCCC3)cc2)ccc1=O. The van der Waals surface area contributed by atoms with Crippen molar-refractivity contribution in [3.8, 4) is 17.0 Å². The molecule has 0 unspecified atom stereocenters. The average molecular weight is 313 g/mol. The number of nitrogens with zero attached hydrogens (tertiary/aromatic N) is 3. The lowest BCUT2D eigenvalue weighted by Crippen LogP contribution is -2.21. The Morgan fingerprint density at radius 2 is 1.83 bits per heavy atom. The second-order valence-electron chi connectivity index (χ2n) is 5.96. The third-order valence-electron chi connectivity index (χ3n) is 4.20. The van der Waals surface area contributed by atoms with Gasteiger partial charge >= 0.3 is 0 Å². The monoisotopic (exact) mass is 313 g/mol. The number of benzene rings is 1. The Labute approximate surface area is 136 Å². The molecule has 1 saturated heterocycles. The summed E-state index contributed by atoms with van der Waals surface area (Å²) in [5, 5.41) is 4.25. The van der Waals surface area contributed by atoms with Gasteiger partial charge in [-0.3, -0.25) is 4.79 Å². The minimum absolute atomic E-state index is 0.105. The van der Waals surface area contributed by atoms with Crippen LogP contribution in [0.2, 0.25) is 0 Å². The van der Waals surface area contributed by atoms with Gasteiger partial charge in [-0.25, -0.2) is 4.68 Å². The lowest BCUT2D eigenvalue weighted by atomic mass is 10.1. The minimum atomic E-state index is -0.105. The van der Waals surface area contributed by atoms with Crippen LogP contribution < -0.4 is 10.3 Å². The zero-order valence-corrected chi connectivity index (χ0v) is 13.6. The highest BCUT2D eigenvalue weighted by Gasteiger charge is 2.10. The van der Waals surface area contributed by atoms with Crippen molar-refractivity contribution in [2.45, 2.75) is 19.3 Å². The fraction of sp³-hybridized carbons (Fsp3) is 0.444. The van der Waals surface area contributed by atoms with Crippen LogP contribution in [0.3, 0.4) is 0 Å². The Bertz CT molecular complexity index is 688. The van der Waals surface area contributed by atoms with Gasteiger partial charge in [-0.2, -0.15) is 5.10 Å². The predicted octanol–water partition coefficient (Wildman–Crippen LogP) is 2.31. The zero-order chi connectivity index (χ0) is 16.1. The number of aryl methyl sites for hydroxylation is 1. The number of hydrogen-bond donors (Lipinski definition) is 0. The van der Waals surface area contributed by atoms with Gasteiger partial charge in [0.05, 0.1) is 12.3 Å². The van der Waals surface area contributed by atoms with E-state index in [9.17, 15) is 4.79 Å². The molecule has 122 valence electrons. The first kappa shape index (κ1) is 15.7. The van der Waals surface area contributed by atoms with Gasteiger partial charge in [0.2, 0.25) is 0 Å². The van der Waals surface area contributed by atoms with Crippen molar-refractivity contribution in [3.05, 3.63) is 46.8 Å². The van der Waals surface area contributed by atoms with E-state index in [1.54, 1.807) is 13.1 Å². The van der Waals surface area contributed by atoms with E-state index in [4.69, 9.17) is 4.74 Å². The van der Waals surface area contributed by atoms with Crippen LogP contribution in [0.15, 0.2) is 41.2 Å². The van der Waals surface area contributed by atoms with Crippen LogP contribution in [-0.2, 0) is 7.05 Å². The van der Waals surface area contributed by atoms with Crippen molar-refractivity contribution < 1.29 is 4.74 Å². The van der Waals surface area contributed by atoms with Crippen molar-refractivity contribution in [1.29, 1.82) is 0 Å². The second-order valence-corrected chi connectivity index (χ2v) is 5.96. The highest BCUT2D eigenvalue weighted by Crippen LogP contribution is 2.20. The molecule has 1 aliphatic heterocycles. The normalized spacial score (nSPS) is 15.0. The molecular weight excluding hydrogens is 290 g/mol. The Morgan fingerprint density at radius 3 is 2.52 bits per heavy atom. The smallest absolute Gasteiger partial charge is 0.266 e. The summed E-state index contributed by atoms with van der Waals surface area (Å²) < 4.78 is 7.14. The Balaban J connectivity index is 1.52. The van der Waals surface area contributed by atoms with Crippen LogP contribution in [0.1, 0.15) is 19.3 Å². The van der Waals surface area contributed by atoms with Crippen LogP contribution in [0.25, 0.3) is 11.3 Å². The highest BCUT2D eigenvalue weighted by atomic mass is 16.5. The number of likely N-dealkylation sites (tertiary alicyclic amines) is 1. The number of hydrogen-bond acceptors (Lipinski definition) is 4. The van der Waals surface area contributed by atoms with Gasteiger partial charge in [-0.05, 0) is 62.7 Å². The third-order valence-corrected chi connectivity index (χ3v) is 4.20. The standard InChI is InChI=1S/C18H23N3O2/c1-20-18(22)10-9-17(19-20)15-5-7-16(8-6-15)23-14-4-13-21-11-2-3-12-21/h5-10H,2-4,11-14H2,1H3. The van der Waals surface area contributed by atoms with E-state index in [1.807, 2.05) is 24.3 Å². The van der Waals surface area contributed by atoms with Gasteiger partial charge in [-0.1, -0.05) is 0 Å². The molecule has 1 fully saturated rings. The van der Waals surface area contributed by atoms with E-state index < -0.39 is 0 Å². The predicted molar refractivity (Wildman–Crippen MR) is 90.7 cm³/mol. The summed E-state index contributed by atoms with van der Waals surface area (Å²) in [6.45, 7) is 4.34. The molecule has 0 aliphatic carbocycles. The first-order valence-corrected chi connectivity index (χ1v) is 8.22. The van der Waals surface area contributed by atoms with E-state index in [-0.39, 0.29) is 5.56 Å². The molecule has 23 heavy (non-hydrogen) atoms. The summed E-state index contributed by atoms with van der Waals surface area (Å²) in [6.07, 6.45) is 3.73. The number of rotatable bonds is 6. The summed E-state index contributed by atoms with van der Waals surface area (Å²) in [5.74, 6) is 0.875. The van der Waals surface area contributed by atoms with Crippen LogP contribution in [0.4, 0.5) is 0 Å². The van der Waals surface area contributed by atoms with Crippen molar-refractivity contribution in [2.24, 2.45) is 7.05 Å². The van der Waals surface area contributed by atoms with Gasteiger partial charge in [0.25, 0.3) is 5.56 Å². The lowest BCUT2D eigenvalue weighted by molar-refractivity contribution is 0.263. The van der Waals surface area contributed by atoms with E-state index in [1.165, 1.54) is 36.7 Å². The molecule has 1 aromatic carbocycles. The maximum atomic E-state index is 11.4. The first-order valence-electron chi connectivity index (χ1n) is 8.22. The summed E-state index contributed by atoms with van der Waals surface area (Å²) in [4.78, 5) is 13.9. The Hall–Kier alpha value is -2.14. The Morgan fingerprint density at radius 1 is 1.09 bits per heavy atom. The van der Waals surface area contributed by atoms with Gasteiger partial charge in [0.1, 0.15) is 5.75 Å². The molecule has 3 rings (SSSR count). The zero-order valence-electron chi connectivity index (χ0n) is 13.6. The van der Waals surface area contributed by atoms with Crippen molar-refractivity contribution in [2.75, 3.05) is 26.2 Å². The molecule has 5 heteroatoms. The fourth-order valence-corrected chi connectivity index (χ4v) is 2.86. The van der Waals surface area contributed by atoms with Gasteiger partial charge in [-0.15, -0.1) is 0 Å². The lowest BCUT2D eigenvalue weighted by Gasteiger charge is -2.14. The minimum Gasteiger partial charge on any atom is -0.494 e. The molecule has 5 nitrogen and oxygen atoms in total. The number of aromatic nitrogens is 2. The molecule has 2 aromatic rings. The molecule has 1 aromatic heterocycles. The fourth-order valence-electron chi connectivity index (χ4n) is 2.86. The summed E-state index contributed by atoms with van der Waals surface area (Å²) in [6, 6.07) is 11.1. The van der Waals surface area contributed by atoms with Gasteiger partial charge in [0, 0.05) is 25.2 Å². The molecular formula is C18H23N3O2. The summed E-state index contributed by atoms with van der Waals surface area (Å²) in [5.41, 5.74) is 1.66. The molecule has 1 aliphatic rings. The topological polar surface area (TPSA) is 47.4 Å². The van der Waals surface area contributed by atoms with E-state index in [0.29, 0.717) is 0 Å². The highest BCUT2D eigenvalue weighted by molar-refractivity contribution is 5.59. The van der Waals surface area contributed by atoms with Crippen LogP contribution >= 0.6 is 0 Å². The second kappa shape index (κ2) is 7.42. The molecule has 0 N–H and O–H groups in total. The van der Waals surface area contributed by atoms with E-state index in [0.717, 1.165) is 36.6 Å². The number of ether oxygens (including phenoxy) is 1. The van der Waals surface area contributed by atoms with Gasteiger partial charge in [0.15, 0.2) is 0 Å². The van der Waals surface area contributed by atoms with Crippen LogP contribution in [0.5, 0.6) is 5.75 Å². The maximum absolute atomic E-state index is 11.4. The molecule has 0 spiro atoms. The van der Waals surface area contributed by atoms with Crippen molar-refractivity contribution in [1.82, 2.24) is 14.7 Å². The molecule has 2 heterocycles. The summed E-state index contributed by atoms with van der Waals surface area (Å²) in [7, 11) is 1.66. The quantitative estimate of drug-likeness (QED) is 0.768. The Kier molecular flexibility index (Phi) is 5.08. The maximum Gasteiger partial charge on any atom is 0.266 e. The molecule has 0 saturated carbocycles. The van der Waals surface area contributed by atoms with E-state index in [2.05, 4.69) is 10.00 Å². The van der Waals surface area contributed by atoms with Gasteiger partial charge < -0.3 is 9.64 Å². The molecule has 0 amide bonds. The van der Waals surface area contributed by atoms with E-state index >= 15 is 0 Å². The summed E-state index contributed by atoms with van der Waals surface area (Å²) >= 11 is 0. The van der Waals surface area contributed by atoms with Crippen LogP contribution in [-0.4, -0.2) is 40.9 Å².